The molecule has 1 saturated heterocycles. The molecule has 0 bridgehead atoms. The van der Waals surface area contributed by atoms with Crippen LogP contribution < -0.4 is 0 Å². The highest BCUT2D eigenvalue weighted by Crippen LogP contribution is 2.30. The van der Waals surface area contributed by atoms with Gasteiger partial charge in [-0.05, 0) is 25.0 Å². The number of aryl methyl sites for hydroxylation is 2. The molecule has 1 aromatic heterocycles. The first-order chi connectivity index (χ1) is 12.2. The van der Waals surface area contributed by atoms with Gasteiger partial charge in [-0.15, -0.1) is 0 Å². The van der Waals surface area contributed by atoms with Gasteiger partial charge >= 0.3 is 5.97 Å². The van der Waals surface area contributed by atoms with Crippen molar-refractivity contribution < 1.29 is 27.8 Å². The van der Waals surface area contributed by atoms with E-state index in [2.05, 4.69) is 4.98 Å². The Balaban J connectivity index is 1.98. The molecule has 3 rings (SSSR count). The van der Waals surface area contributed by atoms with E-state index in [1.165, 1.54) is 12.3 Å². The number of sulfonamides is 1. The highest BCUT2D eigenvalue weighted by atomic mass is 32.2. The molecule has 0 unspecified atom stereocenters. The third kappa shape index (κ3) is 3.37. The van der Waals surface area contributed by atoms with Crippen LogP contribution in [-0.2, 0) is 14.8 Å². The number of hydrogen-bond acceptors (Lipinski definition) is 6. The van der Waals surface area contributed by atoms with Crippen LogP contribution in [0, 0.1) is 19.8 Å². The monoisotopic (exact) mass is 380 g/mol. The first kappa shape index (κ1) is 18.6. The maximum absolute atomic E-state index is 13.1. The van der Waals surface area contributed by atoms with Crippen LogP contribution in [-0.4, -0.2) is 53.1 Å². The van der Waals surface area contributed by atoms with Gasteiger partial charge in [0.15, 0.2) is 11.7 Å². The molecule has 2 aromatic rings. The summed E-state index contributed by atoms with van der Waals surface area (Å²) < 4.78 is 32.7. The minimum atomic E-state index is -3.91. The van der Waals surface area contributed by atoms with Gasteiger partial charge in [0.05, 0.1) is 23.1 Å². The second kappa shape index (κ2) is 6.82. The van der Waals surface area contributed by atoms with Crippen molar-refractivity contribution >= 4 is 16.0 Å². The Morgan fingerprint density at radius 2 is 2.08 bits per heavy atom. The third-order valence-corrected chi connectivity index (χ3v) is 6.58. The predicted molar refractivity (Wildman–Crippen MR) is 91.9 cm³/mol. The van der Waals surface area contributed by atoms with Crippen molar-refractivity contribution in [3.63, 3.8) is 0 Å². The molecule has 0 radical (unpaired) electrons. The Morgan fingerprint density at radius 1 is 1.35 bits per heavy atom. The molecular weight excluding hydrogens is 360 g/mol. The fraction of sp³-hybridized carbons (Fsp3) is 0.412. The zero-order valence-electron chi connectivity index (χ0n) is 14.4. The minimum absolute atomic E-state index is 0.0678. The fourth-order valence-electron chi connectivity index (χ4n) is 3.04. The number of aliphatic hydroxyl groups is 1. The summed E-state index contributed by atoms with van der Waals surface area (Å²) in [6.07, 6.45) is 0.549. The number of benzene rings is 1. The molecule has 2 heterocycles. The van der Waals surface area contributed by atoms with E-state index >= 15 is 0 Å². The van der Waals surface area contributed by atoms with E-state index in [1.54, 1.807) is 26.0 Å². The predicted octanol–water partition coefficient (Wildman–Crippen LogP) is 1.41. The van der Waals surface area contributed by atoms with Crippen LogP contribution >= 0.6 is 0 Å². The first-order valence-corrected chi connectivity index (χ1v) is 9.58. The Hall–Kier alpha value is -2.23. The lowest BCUT2D eigenvalue weighted by Gasteiger charge is -2.33. The summed E-state index contributed by atoms with van der Waals surface area (Å²) in [5.74, 6) is -1.42. The summed E-state index contributed by atoms with van der Waals surface area (Å²) in [5, 5.41) is 19.0. The molecule has 8 nitrogen and oxygen atoms in total. The molecule has 2 atom stereocenters. The highest BCUT2D eigenvalue weighted by molar-refractivity contribution is 7.89. The van der Waals surface area contributed by atoms with Crippen LogP contribution in [0.5, 0.6) is 0 Å². The average Bonchev–Trinajstić information content (AvgIpc) is 3.01. The fourth-order valence-corrected chi connectivity index (χ4v) is 4.77. The molecule has 1 fully saturated rings. The molecular formula is C17H20N2O6S. The third-order valence-electron chi connectivity index (χ3n) is 4.57. The van der Waals surface area contributed by atoms with E-state index in [4.69, 9.17) is 4.42 Å². The molecule has 140 valence electrons. The van der Waals surface area contributed by atoms with Gasteiger partial charge in [0.1, 0.15) is 0 Å². The van der Waals surface area contributed by atoms with Crippen LogP contribution in [0.15, 0.2) is 33.7 Å². The summed E-state index contributed by atoms with van der Waals surface area (Å²) in [5.41, 5.74) is 1.12. The summed E-state index contributed by atoms with van der Waals surface area (Å²) >= 11 is 0. The van der Waals surface area contributed by atoms with E-state index in [1.807, 2.05) is 0 Å². The lowest BCUT2D eigenvalue weighted by atomic mass is 9.96. The highest BCUT2D eigenvalue weighted by Gasteiger charge is 2.39. The van der Waals surface area contributed by atoms with Crippen LogP contribution in [0.25, 0.3) is 11.3 Å². The van der Waals surface area contributed by atoms with Gasteiger partial charge in [0.2, 0.25) is 10.0 Å². The Kier molecular flexibility index (Phi) is 4.87. The molecule has 1 aromatic carbocycles. The molecule has 0 aliphatic carbocycles. The van der Waals surface area contributed by atoms with Crippen molar-refractivity contribution in [3.05, 3.63) is 35.9 Å². The van der Waals surface area contributed by atoms with Gasteiger partial charge < -0.3 is 14.6 Å². The number of aromatic nitrogens is 1. The standard InChI is InChI=1S/C17H20N2O6S/c1-10-3-4-12(15-8-18-11(2)25-15)7-16(10)26(23,24)19-6-5-14(20)13(9-19)17(21)22/h3-4,7-8,13-14,20H,5-6,9H2,1-2H3,(H,21,22)/t13-,14+/m0/s1. The molecule has 0 amide bonds. The Morgan fingerprint density at radius 3 is 2.69 bits per heavy atom. The van der Waals surface area contributed by atoms with Gasteiger partial charge in [0, 0.05) is 25.6 Å². The van der Waals surface area contributed by atoms with Crippen LogP contribution in [0.3, 0.4) is 0 Å². The molecule has 0 saturated carbocycles. The first-order valence-electron chi connectivity index (χ1n) is 8.14. The zero-order chi connectivity index (χ0) is 19.1. The lowest BCUT2D eigenvalue weighted by Crippen LogP contribution is -2.48. The number of carboxylic acids is 1. The molecule has 0 spiro atoms. The number of piperidine rings is 1. The summed E-state index contributed by atoms with van der Waals surface area (Å²) in [4.78, 5) is 15.4. The van der Waals surface area contributed by atoms with E-state index in [9.17, 15) is 23.4 Å². The number of nitrogens with zero attached hydrogens (tertiary/aromatic N) is 2. The largest absolute Gasteiger partial charge is 0.481 e. The number of carboxylic acid groups (broad SMARTS) is 1. The number of oxazole rings is 1. The molecule has 9 heteroatoms. The molecule has 2 N–H and O–H groups in total. The minimum Gasteiger partial charge on any atom is -0.481 e. The van der Waals surface area contributed by atoms with Gasteiger partial charge in [-0.1, -0.05) is 12.1 Å². The van der Waals surface area contributed by atoms with Crippen molar-refractivity contribution in [1.82, 2.24) is 9.29 Å². The van der Waals surface area contributed by atoms with Crippen LogP contribution in [0.4, 0.5) is 0 Å². The number of aliphatic carboxylic acids is 1. The summed E-state index contributed by atoms with van der Waals surface area (Å²) in [6, 6.07) is 4.92. The van der Waals surface area contributed by atoms with Crippen LogP contribution in [0.1, 0.15) is 17.9 Å². The maximum atomic E-state index is 13.1. The topological polar surface area (TPSA) is 121 Å². The van der Waals surface area contributed by atoms with E-state index < -0.39 is 28.0 Å². The van der Waals surface area contributed by atoms with Crippen molar-refractivity contribution in [1.29, 1.82) is 0 Å². The average molecular weight is 380 g/mol. The van der Waals surface area contributed by atoms with E-state index in [-0.39, 0.29) is 24.4 Å². The van der Waals surface area contributed by atoms with Crippen LogP contribution in [0.2, 0.25) is 0 Å². The quantitative estimate of drug-likeness (QED) is 0.822. The number of aliphatic hydroxyl groups excluding tert-OH is 1. The molecule has 26 heavy (non-hydrogen) atoms. The lowest BCUT2D eigenvalue weighted by molar-refractivity contribution is -0.147. The van der Waals surface area contributed by atoms with Gasteiger partial charge in [-0.3, -0.25) is 4.79 Å². The van der Waals surface area contributed by atoms with E-state index in [0.29, 0.717) is 22.8 Å². The summed E-state index contributed by atoms with van der Waals surface area (Å²) in [6.45, 7) is 3.18. The number of carbonyl (C=O) groups is 1. The smallest absolute Gasteiger partial charge is 0.310 e. The SMILES string of the molecule is Cc1ncc(-c2ccc(C)c(S(=O)(=O)N3CC[C@@H](O)[C@@H](C(=O)O)C3)c2)o1. The Labute approximate surface area is 151 Å². The van der Waals surface area contributed by atoms with Crippen molar-refractivity contribution in [2.24, 2.45) is 5.92 Å². The van der Waals surface area contributed by atoms with Crippen molar-refractivity contribution in [3.8, 4) is 11.3 Å². The summed E-state index contributed by atoms with van der Waals surface area (Å²) in [7, 11) is -3.91. The number of hydrogen-bond donors (Lipinski definition) is 2. The molecule has 1 aliphatic rings. The van der Waals surface area contributed by atoms with Gasteiger partial charge in [-0.2, -0.15) is 4.31 Å². The number of rotatable bonds is 4. The second-order valence-electron chi connectivity index (χ2n) is 6.39. The van der Waals surface area contributed by atoms with Gasteiger partial charge in [0.25, 0.3) is 0 Å². The second-order valence-corrected chi connectivity index (χ2v) is 8.29. The van der Waals surface area contributed by atoms with Crippen molar-refractivity contribution in [2.75, 3.05) is 13.1 Å². The zero-order valence-corrected chi connectivity index (χ0v) is 15.2. The normalized spacial score (nSPS) is 21.7. The molecule has 1 aliphatic heterocycles. The maximum Gasteiger partial charge on any atom is 0.310 e. The Bertz CT molecular complexity index is 936. The van der Waals surface area contributed by atoms with E-state index in [0.717, 1.165) is 4.31 Å². The van der Waals surface area contributed by atoms with Crippen molar-refractivity contribution in [2.45, 2.75) is 31.3 Å². The van der Waals surface area contributed by atoms with Gasteiger partial charge in [-0.25, -0.2) is 13.4 Å².